The van der Waals surface area contributed by atoms with Gasteiger partial charge in [-0.1, -0.05) is 66.2 Å². The molecule has 1 fully saturated rings. The number of carbonyl (C=O) groups excluding carboxylic acids is 2. The molecule has 0 bridgehead atoms. The summed E-state index contributed by atoms with van der Waals surface area (Å²) in [4.78, 5) is 29.3. The maximum Gasteiger partial charge on any atom is 0.241 e. The average Bonchev–Trinajstić information content (AvgIpc) is 3.20. The van der Waals surface area contributed by atoms with Crippen molar-refractivity contribution in [2.24, 2.45) is 11.1 Å². The molecule has 2 N–H and O–H groups in total. The second-order valence-corrected chi connectivity index (χ2v) is 9.12. The van der Waals surface area contributed by atoms with Gasteiger partial charge in [0, 0.05) is 22.2 Å². The van der Waals surface area contributed by atoms with Crippen LogP contribution in [0.1, 0.15) is 27.4 Å². The molecule has 35 heavy (non-hydrogen) atoms. The van der Waals surface area contributed by atoms with E-state index in [4.69, 9.17) is 22.1 Å². The molecule has 7 heteroatoms. The van der Waals surface area contributed by atoms with Crippen molar-refractivity contribution in [1.29, 1.82) is 5.26 Å². The van der Waals surface area contributed by atoms with Gasteiger partial charge in [0.05, 0.1) is 19.2 Å². The molecule has 5 rings (SSSR count). The lowest BCUT2D eigenvalue weighted by Gasteiger charge is -2.36. The zero-order valence-corrected chi connectivity index (χ0v) is 19.6. The summed E-state index contributed by atoms with van der Waals surface area (Å²) >= 11 is 6.14. The van der Waals surface area contributed by atoms with Crippen LogP contribution in [-0.2, 0) is 4.79 Å². The van der Waals surface area contributed by atoms with Gasteiger partial charge in [-0.2, -0.15) is 5.26 Å². The minimum Gasteiger partial charge on any atom is -0.497 e. The number of anilines is 1. The number of halogens is 1. The summed E-state index contributed by atoms with van der Waals surface area (Å²) < 4.78 is 5.34. The molecule has 4 unspecified atom stereocenters. The highest BCUT2D eigenvalue weighted by molar-refractivity contribution is 6.30. The number of ketones is 1. The summed E-state index contributed by atoms with van der Waals surface area (Å²) in [6.45, 7) is 0. The molecule has 1 amide bonds. The molecule has 6 nitrogen and oxygen atoms in total. The number of Topliss-reactive ketones (excluding diaryl/α,β-unsaturated/α-hetero) is 1. The largest absolute Gasteiger partial charge is 0.497 e. The van der Waals surface area contributed by atoms with Gasteiger partial charge in [0.25, 0.3) is 0 Å². The number of hydrogen-bond acceptors (Lipinski definition) is 5. The van der Waals surface area contributed by atoms with Crippen molar-refractivity contribution >= 4 is 35.1 Å². The predicted octanol–water partition coefficient (Wildman–Crippen LogP) is 4.59. The van der Waals surface area contributed by atoms with Crippen LogP contribution in [0.2, 0.25) is 5.02 Å². The zero-order chi connectivity index (χ0) is 24.7. The molecule has 3 aromatic rings. The first-order chi connectivity index (χ1) is 16.9. The van der Waals surface area contributed by atoms with Gasteiger partial charge in [-0.15, -0.1) is 0 Å². The second-order valence-electron chi connectivity index (χ2n) is 8.69. The lowest BCUT2D eigenvalue weighted by molar-refractivity contribution is -0.125. The van der Waals surface area contributed by atoms with Crippen molar-refractivity contribution in [2.75, 3.05) is 12.0 Å². The van der Waals surface area contributed by atoms with E-state index in [0.29, 0.717) is 21.9 Å². The number of methoxy groups -OCH3 is 1. The van der Waals surface area contributed by atoms with Crippen LogP contribution in [0.15, 0.2) is 78.9 Å². The molecule has 174 valence electrons. The molecule has 2 aliphatic rings. The first-order valence-corrected chi connectivity index (χ1v) is 11.5. The van der Waals surface area contributed by atoms with Crippen molar-refractivity contribution in [3.63, 3.8) is 0 Å². The number of amides is 1. The van der Waals surface area contributed by atoms with Gasteiger partial charge in [0.15, 0.2) is 11.2 Å². The highest BCUT2D eigenvalue weighted by Crippen LogP contribution is 2.55. The molecule has 0 aliphatic carbocycles. The number of nitriles is 1. The van der Waals surface area contributed by atoms with Crippen molar-refractivity contribution < 1.29 is 14.3 Å². The number of rotatable bonds is 5. The molecular weight excluding hydrogens is 462 g/mol. The van der Waals surface area contributed by atoms with Crippen LogP contribution in [-0.4, -0.2) is 30.9 Å². The number of hydrogen-bond donors (Lipinski definition) is 1. The maximum absolute atomic E-state index is 14.2. The molecule has 3 aromatic carbocycles. The number of ether oxygens (including phenoxy) is 1. The molecule has 0 spiro atoms. The SMILES string of the molecule is COc1cccc(C(=O)C2C(c3ccc(Cl)cc3)C(C#N)(C(N)=O)C3C=Cc4ccccc4N23)c1. The maximum atomic E-state index is 14.2. The first kappa shape index (κ1) is 22.7. The third-order valence-electron chi connectivity index (χ3n) is 6.99. The topological polar surface area (TPSA) is 96.4 Å². The van der Waals surface area contributed by atoms with E-state index in [9.17, 15) is 14.9 Å². The summed E-state index contributed by atoms with van der Waals surface area (Å²) in [5.74, 6) is -1.33. The zero-order valence-electron chi connectivity index (χ0n) is 18.9. The van der Waals surface area contributed by atoms with E-state index in [1.807, 2.05) is 35.2 Å². The normalized spacial score (nSPS) is 24.3. The predicted molar refractivity (Wildman–Crippen MR) is 134 cm³/mol. The molecule has 0 radical (unpaired) electrons. The van der Waals surface area contributed by atoms with E-state index >= 15 is 0 Å². The van der Waals surface area contributed by atoms with Gasteiger partial charge >= 0.3 is 0 Å². The smallest absolute Gasteiger partial charge is 0.241 e. The fourth-order valence-electron chi connectivity index (χ4n) is 5.42. The van der Waals surface area contributed by atoms with E-state index in [-0.39, 0.29) is 5.78 Å². The van der Waals surface area contributed by atoms with E-state index < -0.39 is 29.3 Å². The number of fused-ring (bicyclic) bond motifs is 3. The van der Waals surface area contributed by atoms with Crippen LogP contribution >= 0.6 is 11.6 Å². The summed E-state index contributed by atoms with van der Waals surface area (Å²) in [5.41, 5.74) is 7.00. The third-order valence-corrected chi connectivity index (χ3v) is 7.24. The fraction of sp³-hybridized carbons (Fsp3) is 0.179. The van der Waals surface area contributed by atoms with Gasteiger partial charge < -0.3 is 15.4 Å². The minimum atomic E-state index is -1.70. The molecule has 2 heterocycles. The van der Waals surface area contributed by atoms with Gasteiger partial charge in [0.2, 0.25) is 5.91 Å². The number of nitrogens with two attached hydrogens (primary N) is 1. The second kappa shape index (κ2) is 8.61. The van der Waals surface area contributed by atoms with Gasteiger partial charge in [0.1, 0.15) is 11.8 Å². The number of para-hydroxylation sites is 1. The van der Waals surface area contributed by atoms with Crippen LogP contribution in [0.25, 0.3) is 6.08 Å². The number of nitrogens with zero attached hydrogens (tertiary/aromatic N) is 2. The van der Waals surface area contributed by atoms with Crippen LogP contribution in [0, 0.1) is 16.7 Å². The van der Waals surface area contributed by atoms with Crippen LogP contribution in [0.5, 0.6) is 5.75 Å². The lowest BCUT2D eigenvalue weighted by Crippen LogP contribution is -2.49. The standard InChI is InChI=1S/C28H22ClN3O3/c1-35-21-7-4-6-19(15-21)26(33)25-24(18-9-12-20(29)13-10-18)28(16-30,27(31)34)23-14-11-17-5-2-3-8-22(17)32(23)25/h2-15,23-25H,1H3,(H2,31,34). The number of carbonyl (C=O) groups is 2. The van der Waals surface area contributed by atoms with E-state index in [2.05, 4.69) is 6.07 Å². The minimum absolute atomic E-state index is 0.239. The lowest BCUT2D eigenvalue weighted by atomic mass is 9.67. The Balaban J connectivity index is 1.80. The fourth-order valence-corrected chi connectivity index (χ4v) is 5.54. The van der Waals surface area contributed by atoms with Crippen molar-refractivity contribution in [1.82, 2.24) is 0 Å². The molecule has 0 aromatic heterocycles. The van der Waals surface area contributed by atoms with E-state index in [0.717, 1.165) is 11.3 Å². The Labute approximate surface area is 208 Å². The molecule has 1 saturated heterocycles. The molecule has 0 saturated carbocycles. The van der Waals surface area contributed by atoms with E-state index in [1.165, 1.54) is 7.11 Å². The monoisotopic (exact) mass is 483 g/mol. The molecule has 4 atom stereocenters. The Morgan fingerprint density at radius 3 is 2.51 bits per heavy atom. The van der Waals surface area contributed by atoms with Crippen molar-refractivity contribution in [3.8, 4) is 11.8 Å². The summed E-state index contributed by atoms with van der Waals surface area (Å²) in [6, 6.07) is 22.0. The van der Waals surface area contributed by atoms with Gasteiger partial charge in [-0.05, 0) is 41.5 Å². The van der Waals surface area contributed by atoms with E-state index in [1.54, 1.807) is 54.6 Å². The number of benzene rings is 3. The molecular formula is C28H22ClN3O3. The first-order valence-electron chi connectivity index (χ1n) is 11.1. The summed E-state index contributed by atoms with van der Waals surface area (Å²) in [6.07, 6.45) is 3.68. The Hall–Kier alpha value is -4.08. The van der Waals surface area contributed by atoms with Crippen LogP contribution in [0.4, 0.5) is 5.69 Å². The Bertz CT molecular complexity index is 1400. The highest BCUT2D eigenvalue weighted by atomic mass is 35.5. The molecule has 2 aliphatic heterocycles. The quantitative estimate of drug-likeness (QED) is 0.535. The van der Waals surface area contributed by atoms with Crippen molar-refractivity contribution in [2.45, 2.75) is 18.0 Å². The van der Waals surface area contributed by atoms with Gasteiger partial charge in [-0.3, -0.25) is 9.59 Å². The average molecular weight is 484 g/mol. The Morgan fingerprint density at radius 2 is 1.83 bits per heavy atom. The van der Waals surface area contributed by atoms with Crippen LogP contribution < -0.4 is 15.4 Å². The highest BCUT2D eigenvalue weighted by Gasteiger charge is 2.65. The Kier molecular flexibility index (Phi) is 5.58. The van der Waals surface area contributed by atoms with Crippen molar-refractivity contribution in [3.05, 3.63) is 101 Å². The van der Waals surface area contributed by atoms with Gasteiger partial charge in [-0.25, -0.2) is 0 Å². The summed E-state index contributed by atoms with van der Waals surface area (Å²) in [5, 5.41) is 11.1. The third kappa shape index (κ3) is 3.39. The van der Waals surface area contributed by atoms with Crippen LogP contribution in [0.3, 0.4) is 0 Å². The Morgan fingerprint density at radius 1 is 1.09 bits per heavy atom. The number of primary amides is 1. The summed E-state index contributed by atoms with van der Waals surface area (Å²) in [7, 11) is 1.53.